The Balaban J connectivity index is 1.58. The molecule has 190 valence electrons. The number of carbonyl (C=O) groups excluding carboxylic acids is 2. The first-order valence-corrected chi connectivity index (χ1v) is 12.4. The minimum atomic E-state index is -0.580. The monoisotopic (exact) mass is 525 g/mol. The summed E-state index contributed by atoms with van der Waals surface area (Å²) in [5.74, 6) is -0.296. The molecule has 11 heteroatoms. The van der Waals surface area contributed by atoms with Crippen LogP contribution < -0.4 is 21.9 Å². The molecule has 0 bridgehead atoms. The Labute approximate surface area is 221 Å². The van der Waals surface area contributed by atoms with E-state index in [0.29, 0.717) is 22.8 Å². The van der Waals surface area contributed by atoms with E-state index in [1.165, 1.54) is 12.4 Å². The van der Waals surface area contributed by atoms with E-state index in [4.69, 9.17) is 11.1 Å². The number of nitrogens with two attached hydrogens (primary N) is 1. The summed E-state index contributed by atoms with van der Waals surface area (Å²) >= 11 is 0.704. The molecular formula is C27H23N7O3S. The fraction of sp³-hybridized carbons (Fsp3) is 0.111. The molecular weight excluding hydrogens is 502 g/mol. The lowest BCUT2D eigenvalue weighted by Gasteiger charge is -2.19. The number of carbonyl (C=O) groups is 2. The summed E-state index contributed by atoms with van der Waals surface area (Å²) in [4.78, 5) is 45.6. The maximum Gasteiger partial charge on any atom is 0.290 e. The summed E-state index contributed by atoms with van der Waals surface area (Å²) in [5, 5.41) is 14.8. The zero-order valence-corrected chi connectivity index (χ0v) is 21.3. The van der Waals surface area contributed by atoms with E-state index in [1.807, 2.05) is 62.4 Å². The summed E-state index contributed by atoms with van der Waals surface area (Å²) in [6, 6.07) is 15.3. The maximum atomic E-state index is 13.8. The van der Waals surface area contributed by atoms with Crippen molar-refractivity contribution in [2.45, 2.75) is 20.4 Å². The van der Waals surface area contributed by atoms with E-state index in [1.54, 1.807) is 4.57 Å². The van der Waals surface area contributed by atoms with Crippen LogP contribution >= 0.6 is 11.8 Å². The molecule has 1 fully saturated rings. The van der Waals surface area contributed by atoms with Gasteiger partial charge in [-0.3, -0.25) is 29.7 Å². The Bertz CT molecular complexity index is 1740. The van der Waals surface area contributed by atoms with Crippen molar-refractivity contribution in [2.24, 2.45) is 0 Å². The lowest BCUT2D eigenvalue weighted by atomic mass is 10.1. The molecule has 1 aliphatic rings. The highest BCUT2D eigenvalue weighted by atomic mass is 32.2. The number of hydrogen-bond donors (Lipinski definition) is 4. The van der Waals surface area contributed by atoms with Gasteiger partial charge in [-0.15, -0.1) is 0 Å². The Kier molecular flexibility index (Phi) is 6.52. The second kappa shape index (κ2) is 9.94. The Morgan fingerprint density at radius 2 is 1.87 bits per heavy atom. The number of nitrogens with zero attached hydrogens (tertiary/aromatic N) is 3. The summed E-state index contributed by atoms with van der Waals surface area (Å²) < 4.78 is 1.68. The molecule has 5 N–H and O–H groups in total. The summed E-state index contributed by atoms with van der Waals surface area (Å²) in [7, 11) is 0. The number of aromatic nitrogens is 3. The molecule has 0 atom stereocenters. The van der Waals surface area contributed by atoms with Crippen LogP contribution in [0.4, 0.5) is 16.4 Å². The second-order valence-electron chi connectivity index (χ2n) is 8.70. The molecule has 0 spiro atoms. The molecule has 2 amide bonds. The van der Waals surface area contributed by atoms with Crippen molar-refractivity contribution >= 4 is 51.0 Å². The lowest BCUT2D eigenvalue weighted by molar-refractivity contribution is -0.115. The number of allylic oxidation sites excluding steroid dienone is 1. The number of para-hydroxylation sites is 1. The minimum Gasteiger partial charge on any atom is -0.383 e. The number of fused-ring (bicyclic) bond motifs is 1. The topological polar surface area (TPSA) is 156 Å². The molecule has 2 aromatic heterocycles. The van der Waals surface area contributed by atoms with E-state index in [0.717, 1.165) is 22.2 Å². The van der Waals surface area contributed by atoms with Crippen LogP contribution in [0.2, 0.25) is 0 Å². The highest BCUT2D eigenvalue weighted by Gasteiger charge is 2.26. The van der Waals surface area contributed by atoms with Crippen molar-refractivity contribution in [3.05, 3.63) is 98.6 Å². The number of nitrogens with one attached hydrogen (secondary N) is 3. The van der Waals surface area contributed by atoms with Gasteiger partial charge in [0.1, 0.15) is 18.0 Å². The smallest absolute Gasteiger partial charge is 0.290 e. The van der Waals surface area contributed by atoms with Gasteiger partial charge in [0.2, 0.25) is 0 Å². The van der Waals surface area contributed by atoms with Crippen molar-refractivity contribution in [1.29, 1.82) is 5.41 Å². The van der Waals surface area contributed by atoms with Gasteiger partial charge in [-0.05, 0) is 60.3 Å². The van der Waals surface area contributed by atoms with Gasteiger partial charge in [-0.25, -0.2) is 9.97 Å². The minimum absolute atomic E-state index is 0.0320. The predicted octanol–water partition coefficient (Wildman–Crippen LogP) is 3.83. The number of nitrogen functional groups attached to an aromatic ring is 1. The largest absolute Gasteiger partial charge is 0.383 e. The molecule has 0 unspecified atom stereocenters. The molecule has 4 aromatic rings. The third-order valence-electron chi connectivity index (χ3n) is 6.19. The normalized spacial score (nSPS) is 14.2. The summed E-state index contributed by atoms with van der Waals surface area (Å²) in [5.41, 5.74) is 9.24. The number of amides is 2. The summed E-state index contributed by atoms with van der Waals surface area (Å²) in [6.45, 7) is 4.03. The van der Waals surface area contributed by atoms with Gasteiger partial charge in [-0.1, -0.05) is 36.4 Å². The maximum absolute atomic E-state index is 13.8. The van der Waals surface area contributed by atoms with Crippen LogP contribution in [0.3, 0.4) is 0 Å². The Hall–Kier alpha value is -4.77. The quantitative estimate of drug-likeness (QED) is 0.219. The van der Waals surface area contributed by atoms with Gasteiger partial charge in [0, 0.05) is 5.69 Å². The fourth-order valence-electron chi connectivity index (χ4n) is 4.40. The predicted molar refractivity (Wildman–Crippen MR) is 149 cm³/mol. The van der Waals surface area contributed by atoms with Crippen LogP contribution in [0.5, 0.6) is 0 Å². The number of benzene rings is 2. The molecule has 1 saturated heterocycles. The SMILES string of the molecule is Cc1ccccc1-n1c(CNc2ncnc(N)c2C(=N)/C=C2/SC(=O)NC2=O)cc2cccc(C)c2c1=O. The molecule has 0 aliphatic carbocycles. The van der Waals surface area contributed by atoms with Gasteiger partial charge in [0.25, 0.3) is 16.7 Å². The molecule has 38 heavy (non-hydrogen) atoms. The van der Waals surface area contributed by atoms with E-state index in [2.05, 4.69) is 20.6 Å². The van der Waals surface area contributed by atoms with E-state index in [-0.39, 0.29) is 39.9 Å². The zero-order chi connectivity index (χ0) is 27.0. The van der Waals surface area contributed by atoms with Gasteiger partial charge < -0.3 is 11.1 Å². The summed E-state index contributed by atoms with van der Waals surface area (Å²) in [6.07, 6.45) is 2.52. The number of aryl methyl sites for hydroxylation is 2. The first-order chi connectivity index (χ1) is 18.2. The molecule has 1 aliphatic heterocycles. The first-order valence-electron chi connectivity index (χ1n) is 11.6. The molecule has 3 heterocycles. The number of anilines is 2. The number of thioether (sulfide) groups is 1. The van der Waals surface area contributed by atoms with Crippen molar-refractivity contribution in [3.8, 4) is 5.69 Å². The van der Waals surface area contributed by atoms with Gasteiger partial charge in [0.05, 0.1) is 33.8 Å². The van der Waals surface area contributed by atoms with Crippen LogP contribution in [0.1, 0.15) is 22.4 Å². The standard InChI is InChI=1S/C27H23N7O3S/c1-14-6-3-4-9-19(14)34-17(10-16-8-5-7-15(2)21(16)26(34)36)12-30-24-22(23(29)31-13-32-24)18(28)11-20-25(35)33-27(37)38-20/h3-11,13,28H,12H2,1-2H3,(H,33,35,37)(H3,29,30,31,32)/b20-11+,28-18?. The average molecular weight is 526 g/mol. The van der Waals surface area contributed by atoms with Gasteiger partial charge in [0.15, 0.2) is 0 Å². The molecule has 0 radical (unpaired) electrons. The lowest BCUT2D eigenvalue weighted by Crippen LogP contribution is -2.25. The van der Waals surface area contributed by atoms with E-state index >= 15 is 0 Å². The van der Waals surface area contributed by atoms with Crippen molar-refractivity contribution in [3.63, 3.8) is 0 Å². The van der Waals surface area contributed by atoms with Gasteiger partial charge in [-0.2, -0.15) is 0 Å². The van der Waals surface area contributed by atoms with Crippen LogP contribution in [-0.4, -0.2) is 31.4 Å². The van der Waals surface area contributed by atoms with Crippen molar-refractivity contribution in [1.82, 2.24) is 19.9 Å². The Morgan fingerprint density at radius 1 is 1.11 bits per heavy atom. The highest BCUT2D eigenvalue weighted by molar-refractivity contribution is 8.18. The first kappa shape index (κ1) is 24.9. The van der Waals surface area contributed by atoms with Crippen molar-refractivity contribution in [2.75, 3.05) is 11.1 Å². The number of hydrogen-bond acceptors (Lipinski definition) is 9. The molecule has 0 saturated carbocycles. The van der Waals surface area contributed by atoms with Crippen LogP contribution in [-0.2, 0) is 11.3 Å². The van der Waals surface area contributed by atoms with Crippen molar-refractivity contribution < 1.29 is 9.59 Å². The molecule has 10 nitrogen and oxygen atoms in total. The molecule has 5 rings (SSSR count). The van der Waals surface area contributed by atoms with Crippen LogP contribution in [0.15, 0.2) is 70.6 Å². The van der Waals surface area contributed by atoms with E-state index in [9.17, 15) is 14.4 Å². The highest BCUT2D eigenvalue weighted by Crippen LogP contribution is 2.27. The number of imide groups is 1. The zero-order valence-electron chi connectivity index (χ0n) is 20.5. The third kappa shape index (κ3) is 4.55. The van der Waals surface area contributed by atoms with E-state index < -0.39 is 11.1 Å². The van der Waals surface area contributed by atoms with Gasteiger partial charge >= 0.3 is 0 Å². The van der Waals surface area contributed by atoms with Crippen LogP contribution in [0, 0.1) is 19.3 Å². The number of pyridine rings is 1. The Morgan fingerprint density at radius 3 is 2.61 bits per heavy atom. The third-order valence-corrected chi connectivity index (χ3v) is 7.00. The number of rotatable bonds is 6. The second-order valence-corrected chi connectivity index (χ2v) is 9.72. The molecule has 2 aromatic carbocycles. The average Bonchev–Trinajstić information content (AvgIpc) is 3.19. The van der Waals surface area contributed by atoms with Crippen LogP contribution in [0.25, 0.3) is 16.5 Å². The fourth-order valence-corrected chi connectivity index (χ4v) is 5.06.